The van der Waals surface area contributed by atoms with Gasteiger partial charge in [-0.1, -0.05) is 44.2 Å². The maximum atomic E-state index is 12.5. The molecule has 2 N–H and O–H groups in total. The van der Waals surface area contributed by atoms with E-state index in [4.69, 9.17) is 0 Å². The minimum Gasteiger partial charge on any atom is -0.314 e. The molecule has 0 amide bonds. The fourth-order valence-electron chi connectivity index (χ4n) is 2.37. The molecule has 1 aromatic rings. The van der Waals surface area contributed by atoms with Crippen molar-refractivity contribution in [3.8, 4) is 0 Å². The van der Waals surface area contributed by atoms with Crippen LogP contribution in [0.3, 0.4) is 0 Å². The van der Waals surface area contributed by atoms with Gasteiger partial charge in [-0.3, -0.25) is 0 Å². The van der Waals surface area contributed by atoms with E-state index in [2.05, 4.69) is 10.0 Å². The van der Waals surface area contributed by atoms with Crippen LogP contribution in [0.2, 0.25) is 0 Å². The molecule has 0 aliphatic carbocycles. The van der Waals surface area contributed by atoms with Crippen molar-refractivity contribution >= 4 is 10.2 Å². The molecule has 6 heteroatoms. The van der Waals surface area contributed by atoms with Crippen molar-refractivity contribution in [2.24, 2.45) is 5.92 Å². The van der Waals surface area contributed by atoms with Gasteiger partial charge in [-0.05, 0) is 11.5 Å². The summed E-state index contributed by atoms with van der Waals surface area (Å²) in [5.41, 5.74) is 1.00. The molecule has 1 unspecified atom stereocenters. The van der Waals surface area contributed by atoms with Crippen molar-refractivity contribution in [1.29, 1.82) is 0 Å². The van der Waals surface area contributed by atoms with E-state index in [1.165, 1.54) is 4.31 Å². The van der Waals surface area contributed by atoms with Crippen LogP contribution < -0.4 is 10.0 Å². The first-order valence-electron chi connectivity index (χ1n) is 7.04. The van der Waals surface area contributed by atoms with Gasteiger partial charge in [0.05, 0.1) is 6.04 Å². The molecule has 2 rings (SSSR count). The van der Waals surface area contributed by atoms with E-state index in [9.17, 15) is 8.42 Å². The molecule has 1 saturated heterocycles. The largest absolute Gasteiger partial charge is 0.314 e. The summed E-state index contributed by atoms with van der Waals surface area (Å²) in [5, 5.41) is 3.16. The Morgan fingerprint density at radius 2 is 1.75 bits per heavy atom. The van der Waals surface area contributed by atoms with Crippen molar-refractivity contribution in [3.05, 3.63) is 35.9 Å². The molecule has 0 bridgehead atoms. The Labute approximate surface area is 121 Å². The third kappa shape index (κ3) is 3.79. The molecule has 1 fully saturated rings. The number of nitrogens with one attached hydrogen (secondary N) is 2. The molecule has 0 spiro atoms. The van der Waals surface area contributed by atoms with E-state index in [0.717, 1.165) is 5.56 Å². The molecule has 0 radical (unpaired) electrons. The zero-order valence-electron chi connectivity index (χ0n) is 12.0. The average Bonchev–Trinajstić information content (AvgIpc) is 2.46. The third-order valence-corrected chi connectivity index (χ3v) is 5.11. The van der Waals surface area contributed by atoms with Gasteiger partial charge in [0.2, 0.25) is 0 Å². The highest BCUT2D eigenvalue weighted by molar-refractivity contribution is 7.87. The monoisotopic (exact) mass is 297 g/mol. The maximum Gasteiger partial charge on any atom is 0.280 e. The normalized spacial score (nSPS) is 19.1. The lowest BCUT2D eigenvalue weighted by Crippen LogP contribution is -2.51. The lowest BCUT2D eigenvalue weighted by molar-refractivity contribution is 0.344. The van der Waals surface area contributed by atoms with Crippen LogP contribution in [0, 0.1) is 5.92 Å². The summed E-state index contributed by atoms with van der Waals surface area (Å²) in [6.07, 6.45) is 0. The Morgan fingerprint density at radius 3 is 2.30 bits per heavy atom. The van der Waals surface area contributed by atoms with Crippen LogP contribution in [0.5, 0.6) is 0 Å². The SMILES string of the molecule is CC(C)C(NS(=O)(=O)N1CCNCC1)c1ccccc1. The first kappa shape index (κ1) is 15.4. The fourth-order valence-corrected chi connectivity index (χ4v) is 3.91. The van der Waals surface area contributed by atoms with E-state index < -0.39 is 10.2 Å². The predicted molar refractivity (Wildman–Crippen MR) is 80.5 cm³/mol. The third-order valence-electron chi connectivity index (χ3n) is 3.52. The average molecular weight is 297 g/mol. The van der Waals surface area contributed by atoms with E-state index in [1.54, 1.807) is 0 Å². The maximum absolute atomic E-state index is 12.5. The van der Waals surface area contributed by atoms with Gasteiger partial charge >= 0.3 is 0 Å². The summed E-state index contributed by atoms with van der Waals surface area (Å²) in [6, 6.07) is 9.53. The van der Waals surface area contributed by atoms with Gasteiger partial charge in [0.15, 0.2) is 0 Å². The highest BCUT2D eigenvalue weighted by Crippen LogP contribution is 2.23. The first-order chi connectivity index (χ1) is 9.50. The molecule has 1 aliphatic rings. The van der Waals surface area contributed by atoms with Crippen LogP contribution in [0.25, 0.3) is 0 Å². The van der Waals surface area contributed by atoms with E-state index in [1.807, 2.05) is 44.2 Å². The highest BCUT2D eigenvalue weighted by atomic mass is 32.2. The first-order valence-corrected chi connectivity index (χ1v) is 8.48. The van der Waals surface area contributed by atoms with Gasteiger partial charge in [-0.2, -0.15) is 17.4 Å². The second-order valence-electron chi connectivity index (χ2n) is 5.40. The minimum atomic E-state index is -3.43. The van der Waals surface area contributed by atoms with Gasteiger partial charge in [-0.25, -0.2) is 0 Å². The molecule has 1 heterocycles. The van der Waals surface area contributed by atoms with Gasteiger partial charge < -0.3 is 5.32 Å². The van der Waals surface area contributed by atoms with E-state index >= 15 is 0 Å². The molecule has 5 nitrogen and oxygen atoms in total. The van der Waals surface area contributed by atoms with Crippen molar-refractivity contribution in [1.82, 2.24) is 14.3 Å². The number of hydrogen-bond donors (Lipinski definition) is 2. The lowest BCUT2D eigenvalue weighted by Gasteiger charge is -2.30. The van der Waals surface area contributed by atoms with E-state index in [-0.39, 0.29) is 12.0 Å². The minimum absolute atomic E-state index is 0.190. The molecule has 20 heavy (non-hydrogen) atoms. The zero-order chi connectivity index (χ0) is 14.6. The number of rotatable bonds is 5. The molecule has 112 valence electrons. The second kappa shape index (κ2) is 6.67. The Kier molecular flexibility index (Phi) is 5.15. The fraction of sp³-hybridized carbons (Fsp3) is 0.571. The predicted octanol–water partition coefficient (Wildman–Crippen LogP) is 1.12. The molecule has 1 aromatic carbocycles. The van der Waals surface area contributed by atoms with Crippen molar-refractivity contribution in [2.45, 2.75) is 19.9 Å². The lowest BCUT2D eigenvalue weighted by atomic mass is 9.97. The highest BCUT2D eigenvalue weighted by Gasteiger charge is 2.28. The smallest absolute Gasteiger partial charge is 0.280 e. The summed E-state index contributed by atoms with van der Waals surface area (Å²) in [5.74, 6) is 0.190. The van der Waals surface area contributed by atoms with Crippen LogP contribution in [0.4, 0.5) is 0 Å². The van der Waals surface area contributed by atoms with Crippen LogP contribution in [0.1, 0.15) is 25.5 Å². The van der Waals surface area contributed by atoms with Crippen molar-refractivity contribution in [3.63, 3.8) is 0 Å². The van der Waals surface area contributed by atoms with Crippen molar-refractivity contribution < 1.29 is 8.42 Å². The summed E-state index contributed by atoms with van der Waals surface area (Å²) >= 11 is 0. The summed E-state index contributed by atoms with van der Waals surface area (Å²) in [4.78, 5) is 0. The van der Waals surface area contributed by atoms with Gasteiger partial charge in [-0.15, -0.1) is 0 Å². The number of benzene rings is 1. The summed E-state index contributed by atoms with van der Waals surface area (Å²) < 4.78 is 29.3. The number of nitrogens with zero attached hydrogens (tertiary/aromatic N) is 1. The number of piperazine rings is 1. The van der Waals surface area contributed by atoms with Gasteiger partial charge in [0.1, 0.15) is 0 Å². The van der Waals surface area contributed by atoms with Crippen LogP contribution >= 0.6 is 0 Å². The molecule has 1 aliphatic heterocycles. The summed E-state index contributed by atoms with van der Waals surface area (Å²) in [6.45, 7) is 6.51. The molecule has 0 saturated carbocycles. The molecule has 0 aromatic heterocycles. The van der Waals surface area contributed by atoms with Crippen LogP contribution in [-0.4, -0.2) is 38.9 Å². The molecule has 1 atom stereocenters. The Hall–Kier alpha value is -0.950. The molecular formula is C14H23N3O2S. The van der Waals surface area contributed by atoms with Gasteiger partial charge in [0, 0.05) is 26.2 Å². The topological polar surface area (TPSA) is 61.4 Å². The Bertz CT molecular complexity index is 510. The van der Waals surface area contributed by atoms with Crippen LogP contribution in [-0.2, 0) is 10.2 Å². The van der Waals surface area contributed by atoms with Gasteiger partial charge in [0.25, 0.3) is 10.2 Å². The van der Waals surface area contributed by atoms with E-state index in [0.29, 0.717) is 26.2 Å². The standard InChI is InChI=1S/C14H23N3O2S/c1-12(2)14(13-6-4-3-5-7-13)16-20(18,19)17-10-8-15-9-11-17/h3-7,12,14-16H,8-11H2,1-2H3. The molecular weight excluding hydrogens is 274 g/mol. The van der Waals surface area contributed by atoms with Crippen molar-refractivity contribution in [2.75, 3.05) is 26.2 Å². The number of hydrogen-bond acceptors (Lipinski definition) is 3. The Morgan fingerprint density at radius 1 is 1.15 bits per heavy atom. The Balaban J connectivity index is 2.15. The zero-order valence-corrected chi connectivity index (χ0v) is 12.9. The van der Waals surface area contributed by atoms with Crippen LogP contribution in [0.15, 0.2) is 30.3 Å². The summed E-state index contributed by atoms with van der Waals surface area (Å²) in [7, 11) is -3.43. The quantitative estimate of drug-likeness (QED) is 0.856. The second-order valence-corrected chi connectivity index (χ2v) is 7.11.